The maximum absolute atomic E-state index is 8.89. The van der Waals surface area contributed by atoms with Crippen LogP contribution in [0.5, 0.6) is 0 Å². The number of carbonyl (C=O) groups is 4. The van der Waals surface area contributed by atoms with E-state index in [0.29, 0.717) is 0 Å². The number of carbonyl (C=O) groups excluding carboxylic acids is 4. The summed E-state index contributed by atoms with van der Waals surface area (Å²) in [5, 5.41) is 35.6. The van der Waals surface area contributed by atoms with Crippen molar-refractivity contribution in [2.45, 2.75) is 27.7 Å². The first-order valence-corrected chi connectivity index (χ1v) is 3.63. The molecule has 0 bridgehead atoms. The Balaban J connectivity index is -0.0000000257. The molecule has 10 heteroatoms. The van der Waals surface area contributed by atoms with Crippen LogP contribution in [0.4, 0.5) is 0 Å². The van der Waals surface area contributed by atoms with Crippen LogP contribution in [-0.4, -0.2) is 23.9 Å². The second-order valence-corrected chi connectivity index (χ2v) is 1.97. The van der Waals surface area contributed by atoms with Crippen LogP contribution in [0.15, 0.2) is 0 Å². The minimum absolute atomic E-state index is 0. The van der Waals surface area contributed by atoms with E-state index < -0.39 is 23.9 Å². The number of hydrogen-bond acceptors (Lipinski definition) is 8. The summed E-state index contributed by atoms with van der Waals surface area (Å²) in [5.41, 5.74) is 0. The Hall–Kier alpha value is -0.873. The number of rotatable bonds is 0. The molecule has 96 valence electrons. The molecule has 0 amide bonds. The molecule has 0 rings (SSSR count). The predicted molar refractivity (Wildman–Crippen MR) is 42.7 cm³/mol. The smallest absolute Gasteiger partial charge is 0.550 e. The first-order valence-electron chi connectivity index (χ1n) is 3.63. The van der Waals surface area contributed by atoms with Crippen LogP contribution in [0.2, 0.25) is 0 Å². The van der Waals surface area contributed by atoms with Gasteiger partial charge in [0.25, 0.3) is 0 Å². The van der Waals surface area contributed by atoms with Crippen molar-refractivity contribution >= 4 is 23.9 Å². The van der Waals surface area contributed by atoms with Gasteiger partial charge in [-0.05, 0) is 27.7 Å². The fourth-order valence-corrected chi connectivity index (χ4v) is 0. The second kappa shape index (κ2) is 29.8. The van der Waals surface area contributed by atoms with E-state index in [-0.39, 0.29) is 39.0 Å². The van der Waals surface area contributed by atoms with E-state index in [9.17, 15) is 0 Å². The number of aliphatic carboxylic acids is 4. The van der Waals surface area contributed by atoms with E-state index in [2.05, 4.69) is 0 Å². The van der Waals surface area contributed by atoms with E-state index in [1.807, 2.05) is 0 Å². The molecule has 0 unspecified atom stereocenters. The van der Waals surface area contributed by atoms with Gasteiger partial charge in [-0.1, -0.05) is 0 Å². The molecule has 0 atom stereocenters. The minimum atomic E-state index is -1.08. The van der Waals surface area contributed by atoms with Crippen molar-refractivity contribution in [1.82, 2.24) is 0 Å². The Morgan fingerprint density at radius 1 is 0.500 bits per heavy atom. The summed E-state index contributed by atoms with van der Waals surface area (Å²) < 4.78 is 0. The van der Waals surface area contributed by atoms with Crippen LogP contribution in [0.25, 0.3) is 0 Å². The quantitative estimate of drug-likeness (QED) is 0.385. The van der Waals surface area contributed by atoms with E-state index in [4.69, 9.17) is 39.6 Å². The zero-order valence-corrected chi connectivity index (χ0v) is 16.6. The first-order chi connectivity index (χ1) is 6.93. The molecule has 0 aromatic carbocycles. The van der Waals surface area contributed by atoms with Crippen LogP contribution < -0.4 is 20.4 Å². The van der Waals surface area contributed by atoms with Crippen molar-refractivity contribution in [1.29, 1.82) is 0 Å². The molecule has 8 nitrogen and oxygen atoms in total. The molecule has 0 saturated carbocycles. The Morgan fingerprint density at radius 2 is 0.500 bits per heavy atom. The van der Waals surface area contributed by atoms with Gasteiger partial charge in [0.05, 0.1) is 0 Å². The van der Waals surface area contributed by atoms with Gasteiger partial charge in [0.15, 0.2) is 0 Å². The van der Waals surface area contributed by atoms with Crippen molar-refractivity contribution in [3.05, 3.63) is 0 Å². The maximum atomic E-state index is 8.89. The summed E-state index contributed by atoms with van der Waals surface area (Å²) in [6, 6.07) is 0. The van der Waals surface area contributed by atoms with Gasteiger partial charge in [-0.3, -0.25) is 0 Å². The molecule has 0 heterocycles. The summed E-state index contributed by atoms with van der Waals surface area (Å²) in [6.07, 6.45) is 0. The number of carboxylic acids is 4. The third kappa shape index (κ3) is 3960. The molecule has 0 aliphatic carbocycles. The summed E-state index contributed by atoms with van der Waals surface area (Å²) >= 11 is 0. The van der Waals surface area contributed by atoms with Gasteiger partial charge in [0.1, 0.15) is 0 Å². The molecular formula is C8H12O8Zn2. The summed E-state index contributed by atoms with van der Waals surface area (Å²) in [6.45, 7) is 3.89. The third-order valence-corrected chi connectivity index (χ3v) is 0. The average Bonchev–Trinajstić information content (AvgIpc) is 1.76. The van der Waals surface area contributed by atoms with Gasteiger partial charge in [-0.2, -0.15) is 0 Å². The molecule has 0 aromatic heterocycles. The van der Waals surface area contributed by atoms with Crippen molar-refractivity contribution in [3.63, 3.8) is 0 Å². The summed E-state index contributed by atoms with van der Waals surface area (Å²) in [7, 11) is 0. The fraction of sp³-hybridized carbons (Fsp3) is 0.500. The zero-order chi connectivity index (χ0) is 14.3. The van der Waals surface area contributed by atoms with Crippen molar-refractivity contribution in [2.75, 3.05) is 0 Å². The van der Waals surface area contributed by atoms with Gasteiger partial charge in [-0.15, -0.1) is 0 Å². The molecule has 0 aromatic rings. The molecule has 0 saturated heterocycles. The Morgan fingerprint density at radius 3 is 0.500 bits per heavy atom. The monoisotopic (exact) mass is 364 g/mol. The second-order valence-electron chi connectivity index (χ2n) is 1.97. The Kier molecular flexibility index (Phi) is 59.6. The van der Waals surface area contributed by atoms with Gasteiger partial charge >= 0.3 is 39.0 Å². The van der Waals surface area contributed by atoms with Gasteiger partial charge in [0, 0.05) is 23.9 Å². The van der Waals surface area contributed by atoms with Crippen LogP contribution in [0.3, 0.4) is 0 Å². The molecule has 0 aliphatic rings. The number of hydrogen-bond donors (Lipinski definition) is 0. The third-order valence-electron chi connectivity index (χ3n) is 0. The van der Waals surface area contributed by atoms with Crippen molar-refractivity contribution in [2.24, 2.45) is 0 Å². The molecule has 0 spiro atoms. The molecule has 0 radical (unpaired) electrons. The SMILES string of the molecule is CC(=O)[O-].CC(=O)[O-].CC(=O)[O-].CC(=O)[O-].[Zn+2].[Zn+2]. The maximum Gasteiger partial charge on any atom is 2.00 e. The normalized spacial score (nSPS) is 5.56. The van der Waals surface area contributed by atoms with E-state index in [1.54, 1.807) is 0 Å². The number of carboxylic acid groups (broad SMARTS) is 4. The summed E-state index contributed by atoms with van der Waals surface area (Å²) in [4.78, 5) is 35.6. The molecular weight excluding hydrogens is 355 g/mol. The topological polar surface area (TPSA) is 161 Å². The van der Waals surface area contributed by atoms with Crippen molar-refractivity contribution < 1.29 is 78.6 Å². The Bertz CT molecular complexity index is 165. The van der Waals surface area contributed by atoms with Gasteiger partial charge < -0.3 is 39.6 Å². The van der Waals surface area contributed by atoms with Gasteiger partial charge in [-0.25, -0.2) is 0 Å². The minimum Gasteiger partial charge on any atom is -0.550 e. The zero-order valence-electron chi connectivity index (χ0n) is 10.7. The fourth-order valence-electron chi connectivity index (χ4n) is 0. The molecule has 0 N–H and O–H groups in total. The van der Waals surface area contributed by atoms with Crippen LogP contribution in [0, 0.1) is 0 Å². The van der Waals surface area contributed by atoms with Crippen LogP contribution >= 0.6 is 0 Å². The standard InChI is InChI=1S/4C2H4O2.2Zn/c4*1-2(3)4;;/h4*1H3,(H,3,4);;/q;;;;2*+2/p-4. The largest absolute Gasteiger partial charge is 2.00 e. The van der Waals surface area contributed by atoms with Crippen LogP contribution in [-0.2, 0) is 58.1 Å². The van der Waals surface area contributed by atoms with E-state index >= 15 is 0 Å². The molecule has 0 aliphatic heterocycles. The molecule has 18 heavy (non-hydrogen) atoms. The van der Waals surface area contributed by atoms with Crippen molar-refractivity contribution in [3.8, 4) is 0 Å². The average molecular weight is 367 g/mol. The van der Waals surface area contributed by atoms with Gasteiger partial charge in [0.2, 0.25) is 0 Å². The Labute approximate surface area is 130 Å². The van der Waals surface area contributed by atoms with E-state index in [1.165, 1.54) is 0 Å². The van der Waals surface area contributed by atoms with E-state index in [0.717, 1.165) is 27.7 Å². The first kappa shape index (κ1) is 36.0. The molecule has 0 fully saturated rings. The summed E-state index contributed by atoms with van der Waals surface area (Å²) in [5.74, 6) is -4.33. The predicted octanol–water partition coefficient (Wildman–Crippen LogP) is -4.98. The van der Waals surface area contributed by atoms with Crippen LogP contribution in [0.1, 0.15) is 27.7 Å².